The van der Waals surface area contributed by atoms with Crippen LogP contribution in [0.25, 0.3) is 0 Å². The van der Waals surface area contributed by atoms with Crippen molar-refractivity contribution in [1.82, 2.24) is 0 Å². The van der Waals surface area contributed by atoms with E-state index in [1.165, 1.54) is 0 Å². The monoisotopic (exact) mass is 210 g/mol. The first-order chi connectivity index (χ1) is 2.00. The second-order valence-corrected chi connectivity index (χ2v) is 2.20. The van der Waals surface area contributed by atoms with Crippen molar-refractivity contribution in [3.8, 4) is 0 Å². The Labute approximate surface area is 56.7 Å². The van der Waals surface area contributed by atoms with Crippen LogP contribution in [0.2, 0.25) is 0 Å². The molecule has 0 saturated carbocycles. The first-order valence-electron chi connectivity index (χ1n) is 0.924. The summed E-state index contributed by atoms with van der Waals surface area (Å²) in [7, 11) is -3.67. The van der Waals surface area contributed by atoms with Crippen LogP contribution >= 0.6 is 0 Å². The fraction of sp³-hybridized carbons (Fsp3) is 1.00. The SMILES string of the molecule is CS(=O)(=O)O.[Cd]. The Balaban J connectivity index is 0. The maximum atomic E-state index is 9.19. The van der Waals surface area contributed by atoms with Crippen molar-refractivity contribution in [3.63, 3.8) is 0 Å². The van der Waals surface area contributed by atoms with Gasteiger partial charge >= 0.3 is 0 Å². The summed E-state index contributed by atoms with van der Waals surface area (Å²) in [5.41, 5.74) is 0. The molecule has 0 aliphatic rings. The first-order valence-corrected chi connectivity index (χ1v) is 2.77. The van der Waals surface area contributed by atoms with Crippen LogP contribution in [0.5, 0.6) is 0 Å². The smallest absolute Gasteiger partial charge is 0.261 e. The molecule has 0 heterocycles. The summed E-state index contributed by atoms with van der Waals surface area (Å²) in [6, 6.07) is 0. The van der Waals surface area contributed by atoms with Gasteiger partial charge in [0.1, 0.15) is 0 Å². The quantitative estimate of drug-likeness (QED) is 0.431. The average Bonchev–Trinajstić information content (AvgIpc) is 0.722. The molecule has 0 rings (SSSR count). The standard InChI is InChI=1S/CH4O3S.Cd/c1-5(2,3)4;/h1H3,(H,2,3,4);. The second kappa shape index (κ2) is 2.92. The summed E-state index contributed by atoms with van der Waals surface area (Å²) < 4.78 is 25.9. The van der Waals surface area contributed by atoms with Gasteiger partial charge < -0.3 is 0 Å². The van der Waals surface area contributed by atoms with E-state index in [1.807, 2.05) is 0 Å². The molecule has 0 aromatic heterocycles. The Morgan fingerprint density at radius 2 is 1.50 bits per heavy atom. The molecule has 34 valence electrons. The van der Waals surface area contributed by atoms with Gasteiger partial charge in [-0.1, -0.05) is 0 Å². The van der Waals surface area contributed by atoms with Crippen molar-refractivity contribution in [2.24, 2.45) is 0 Å². The molecule has 0 aromatic carbocycles. The van der Waals surface area contributed by atoms with Crippen LogP contribution in [0, 0.1) is 0 Å². The van der Waals surface area contributed by atoms with E-state index in [9.17, 15) is 8.42 Å². The Morgan fingerprint density at radius 3 is 1.50 bits per heavy atom. The summed E-state index contributed by atoms with van der Waals surface area (Å²) in [5, 5.41) is 0. The zero-order chi connectivity index (χ0) is 4.50. The van der Waals surface area contributed by atoms with E-state index in [1.54, 1.807) is 0 Å². The van der Waals surface area contributed by atoms with Gasteiger partial charge in [0.15, 0.2) is 0 Å². The van der Waals surface area contributed by atoms with E-state index in [0.29, 0.717) is 6.26 Å². The number of hydrogen-bond acceptors (Lipinski definition) is 2. The molecule has 0 aliphatic heterocycles. The largest absolute Gasteiger partial charge is 0.286 e. The zero-order valence-electron chi connectivity index (χ0n) is 3.38. The molecule has 0 fully saturated rings. The zero-order valence-corrected chi connectivity index (χ0v) is 8.23. The van der Waals surface area contributed by atoms with Crippen molar-refractivity contribution in [2.75, 3.05) is 6.26 Å². The minimum Gasteiger partial charge on any atom is -0.286 e. The van der Waals surface area contributed by atoms with E-state index >= 15 is 0 Å². The number of hydrogen-bond donors (Lipinski definition) is 1. The Bertz CT molecular complexity index is 94.0. The van der Waals surface area contributed by atoms with Crippen LogP contribution in [-0.4, -0.2) is 19.2 Å². The van der Waals surface area contributed by atoms with Gasteiger partial charge in [0, 0.05) is 27.3 Å². The van der Waals surface area contributed by atoms with E-state index in [0.717, 1.165) is 0 Å². The number of rotatable bonds is 0. The van der Waals surface area contributed by atoms with Gasteiger partial charge in [-0.3, -0.25) is 4.55 Å². The van der Waals surface area contributed by atoms with Crippen LogP contribution in [0.4, 0.5) is 0 Å². The molecule has 0 aromatic rings. The van der Waals surface area contributed by atoms with E-state index in [4.69, 9.17) is 4.55 Å². The molecule has 0 bridgehead atoms. The van der Waals surface area contributed by atoms with E-state index < -0.39 is 10.1 Å². The third kappa shape index (κ3) is 102. The molecule has 6 heavy (non-hydrogen) atoms. The molecular weight excluding hydrogens is 204 g/mol. The third-order valence-corrected chi connectivity index (χ3v) is 0. The fourth-order valence-electron chi connectivity index (χ4n) is 0. The van der Waals surface area contributed by atoms with Gasteiger partial charge in [-0.05, 0) is 0 Å². The molecule has 0 saturated heterocycles. The van der Waals surface area contributed by atoms with Crippen LogP contribution in [-0.2, 0) is 37.4 Å². The molecule has 0 radical (unpaired) electrons. The molecular formula is CH4CdO3S. The summed E-state index contributed by atoms with van der Waals surface area (Å²) in [6.45, 7) is 0. The van der Waals surface area contributed by atoms with E-state index in [2.05, 4.69) is 0 Å². The summed E-state index contributed by atoms with van der Waals surface area (Å²) in [6.07, 6.45) is 0.715. The molecule has 0 spiro atoms. The molecule has 3 nitrogen and oxygen atoms in total. The topological polar surface area (TPSA) is 54.4 Å². The Morgan fingerprint density at radius 1 is 1.50 bits per heavy atom. The first kappa shape index (κ1) is 9.95. The van der Waals surface area contributed by atoms with Crippen molar-refractivity contribution in [2.45, 2.75) is 0 Å². The molecule has 0 atom stereocenters. The average molecular weight is 209 g/mol. The van der Waals surface area contributed by atoms with Crippen LogP contribution in [0.1, 0.15) is 0 Å². The van der Waals surface area contributed by atoms with Crippen molar-refractivity contribution >= 4 is 10.1 Å². The van der Waals surface area contributed by atoms with E-state index in [-0.39, 0.29) is 27.3 Å². The summed E-state index contributed by atoms with van der Waals surface area (Å²) in [4.78, 5) is 0. The van der Waals surface area contributed by atoms with Crippen molar-refractivity contribution in [1.29, 1.82) is 0 Å². The summed E-state index contributed by atoms with van der Waals surface area (Å²) in [5.74, 6) is 0. The van der Waals surface area contributed by atoms with Gasteiger partial charge in [0.25, 0.3) is 10.1 Å². The van der Waals surface area contributed by atoms with Crippen LogP contribution in [0.3, 0.4) is 0 Å². The molecule has 5 heteroatoms. The molecule has 0 amide bonds. The maximum absolute atomic E-state index is 9.19. The minimum absolute atomic E-state index is 0. The normalized spacial score (nSPS) is 9.67. The minimum atomic E-state index is -3.67. The maximum Gasteiger partial charge on any atom is 0.261 e. The van der Waals surface area contributed by atoms with Gasteiger partial charge in [0.2, 0.25) is 0 Å². The summed E-state index contributed by atoms with van der Waals surface area (Å²) >= 11 is 0. The molecule has 0 unspecified atom stereocenters. The van der Waals surface area contributed by atoms with Crippen molar-refractivity contribution < 1.29 is 40.3 Å². The predicted octanol–water partition coefficient (Wildman–Crippen LogP) is -0.498. The Hall–Kier alpha value is 0.832. The van der Waals surface area contributed by atoms with Gasteiger partial charge in [-0.2, -0.15) is 8.42 Å². The second-order valence-electron chi connectivity index (χ2n) is 0.733. The van der Waals surface area contributed by atoms with Gasteiger partial charge in [-0.15, -0.1) is 0 Å². The third-order valence-electron chi connectivity index (χ3n) is 0. The molecule has 0 aliphatic carbocycles. The van der Waals surface area contributed by atoms with Crippen molar-refractivity contribution in [3.05, 3.63) is 0 Å². The molecule has 1 N–H and O–H groups in total. The van der Waals surface area contributed by atoms with Gasteiger partial charge in [-0.25, -0.2) is 0 Å². The van der Waals surface area contributed by atoms with Gasteiger partial charge in [0.05, 0.1) is 6.26 Å². The van der Waals surface area contributed by atoms with Crippen LogP contribution < -0.4 is 0 Å². The van der Waals surface area contributed by atoms with Crippen LogP contribution in [0.15, 0.2) is 0 Å². The fourth-order valence-corrected chi connectivity index (χ4v) is 0. The predicted molar refractivity (Wildman–Crippen MR) is 17.5 cm³/mol. The Kier molecular flexibility index (Phi) is 4.84.